The Labute approximate surface area is 293 Å². The highest BCUT2D eigenvalue weighted by Crippen LogP contribution is 2.44. The standard InChI is InChI=1S/C29H28ClN7O11S2/c1-4-36-7-9(21(40)15-11(36)5-12(38)23(42)17(15)30)22(41)18(31)16-20(26(44)45)37-13(39)6-14(37)50-25(16)34-24(43)19(10-8-49-28(32)33-10)35-48-29(2,3)27(46)47/h5,7-8,14,18,25,38,42H,4,6,31H2,1-3H3,(H2,32,33)(H,34,43)(H,44,45)(H,46,47)/b35-19-/t14-,18?,25?/m1/s1. The van der Waals surface area contributed by atoms with Crippen molar-refractivity contribution in [1.29, 1.82) is 0 Å². The number of nitrogens with zero attached hydrogens (tertiary/aromatic N) is 4. The van der Waals surface area contributed by atoms with Gasteiger partial charge in [0, 0.05) is 29.8 Å². The van der Waals surface area contributed by atoms with Crippen molar-refractivity contribution in [3.05, 3.63) is 55.4 Å². The maximum Gasteiger partial charge on any atom is 0.352 e. The number of halogens is 1. The van der Waals surface area contributed by atoms with Crippen LogP contribution in [-0.4, -0.2) is 92.5 Å². The number of nitrogens with one attached hydrogen (secondary N) is 1. The lowest BCUT2D eigenvalue weighted by atomic mass is 9.93. The van der Waals surface area contributed by atoms with E-state index in [0.717, 1.165) is 40.3 Å². The molecule has 5 rings (SSSR count). The number of carbonyl (C=O) groups is 5. The fraction of sp³-hybridized carbons (Fsp3) is 0.310. The third kappa shape index (κ3) is 6.21. The number of β-lactam (4-membered cyclic amide) rings is 1. The number of aromatic nitrogens is 2. The Balaban J connectivity index is 1.62. The summed E-state index contributed by atoms with van der Waals surface area (Å²) in [5.41, 5.74) is 6.92. The van der Waals surface area contributed by atoms with Crippen molar-refractivity contribution in [3.63, 3.8) is 0 Å². The summed E-state index contributed by atoms with van der Waals surface area (Å²) in [6, 6.07) is -0.888. The highest BCUT2D eigenvalue weighted by Gasteiger charge is 2.51. The van der Waals surface area contributed by atoms with Crippen LogP contribution in [0.1, 0.15) is 43.2 Å². The fourth-order valence-electron chi connectivity index (χ4n) is 5.11. The normalized spacial score (nSPS) is 18.4. The zero-order chi connectivity index (χ0) is 37.0. The van der Waals surface area contributed by atoms with Gasteiger partial charge in [-0.15, -0.1) is 23.1 Å². The lowest BCUT2D eigenvalue weighted by molar-refractivity contribution is -0.161. The van der Waals surface area contributed by atoms with Gasteiger partial charge in [-0.2, -0.15) is 0 Å². The number of phenols is 2. The number of nitrogens with two attached hydrogens (primary N) is 2. The molecule has 0 bridgehead atoms. The number of aryl methyl sites for hydroxylation is 1. The molecule has 21 heteroatoms. The van der Waals surface area contributed by atoms with Crippen molar-refractivity contribution in [1.82, 2.24) is 19.8 Å². The van der Waals surface area contributed by atoms with Crippen LogP contribution in [0, 0.1) is 0 Å². The van der Waals surface area contributed by atoms with Crippen LogP contribution in [0.25, 0.3) is 10.9 Å². The Hall–Kier alpha value is -5.18. The number of pyridine rings is 1. The van der Waals surface area contributed by atoms with E-state index in [9.17, 15) is 49.2 Å². The second-order valence-electron chi connectivity index (χ2n) is 11.4. The second-order valence-corrected chi connectivity index (χ2v) is 13.9. The number of oxime groups is 1. The fourth-order valence-corrected chi connectivity index (χ4v) is 7.42. The molecule has 18 nitrogen and oxygen atoms in total. The second kappa shape index (κ2) is 13.3. The van der Waals surface area contributed by atoms with Gasteiger partial charge in [0.1, 0.15) is 16.8 Å². The van der Waals surface area contributed by atoms with E-state index in [1.54, 1.807) is 6.92 Å². The minimum Gasteiger partial charge on any atom is -0.504 e. The van der Waals surface area contributed by atoms with Gasteiger partial charge >= 0.3 is 11.9 Å². The molecule has 1 fully saturated rings. The van der Waals surface area contributed by atoms with E-state index >= 15 is 0 Å². The van der Waals surface area contributed by atoms with Crippen molar-refractivity contribution in [3.8, 4) is 11.5 Å². The number of benzene rings is 1. The van der Waals surface area contributed by atoms with E-state index in [1.165, 1.54) is 23.8 Å². The minimum absolute atomic E-state index is 0.0202. The van der Waals surface area contributed by atoms with E-state index in [2.05, 4.69) is 15.5 Å². The molecule has 2 aliphatic heterocycles. The van der Waals surface area contributed by atoms with Crippen molar-refractivity contribution in [2.24, 2.45) is 10.9 Å². The van der Waals surface area contributed by atoms with Crippen molar-refractivity contribution >= 4 is 86.0 Å². The first-order valence-corrected chi connectivity index (χ1v) is 16.6. The number of anilines is 1. The number of amides is 2. The molecule has 264 valence electrons. The number of aliphatic carboxylic acids is 2. The summed E-state index contributed by atoms with van der Waals surface area (Å²) in [6.07, 6.45) is 1.01. The highest BCUT2D eigenvalue weighted by atomic mass is 35.5. The molecule has 2 aliphatic rings. The third-order valence-electron chi connectivity index (χ3n) is 7.81. The number of thioether (sulfide) groups is 1. The molecule has 4 heterocycles. The summed E-state index contributed by atoms with van der Waals surface area (Å²) in [7, 11) is 0. The molecule has 3 atom stereocenters. The average Bonchev–Trinajstić information content (AvgIpc) is 3.47. The summed E-state index contributed by atoms with van der Waals surface area (Å²) < 4.78 is 1.37. The summed E-state index contributed by atoms with van der Waals surface area (Å²) in [5, 5.41) is 44.6. The number of rotatable bonds is 11. The lowest BCUT2D eigenvalue weighted by Crippen LogP contribution is -2.60. The molecular formula is C29H28ClN7O11S2. The van der Waals surface area contributed by atoms with E-state index in [-0.39, 0.29) is 34.7 Å². The molecule has 2 unspecified atom stereocenters. The van der Waals surface area contributed by atoms with Gasteiger partial charge in [0.25, 0.3) is 5.91 Å². The van der Waals surface area contributed by atoms with Crippen LogP contribution in [0.5, 0.6) is 11.5 Å². The SMILES string of the molecule is CCn1cc(C(=O)C(N)C2=C(C(=O)O)N3C(=O)C[C@H]3SC2NC(=O)/C(=N\OC(C)(C)C(=O)O)c2csc(N)n2)c(=O)c2c(Cl)c(O)c(O)cc21. The van der Waals surface area contributed by atoms with Crippen LogP contribution in [0.4, 0.5) is 5.13 Å². The molecule has 0 aliphatic carbocycles. The Morgan fingerprint density at radius 2 is 1.92 bits per heavy atom. The first-order chi connectivity index (χ1) is 23.4. The zero-order valence-corrected chi connectivity index (χ0v) is 28.6. The minimum atomic E-state index is -1.97. The Morgan fingerprint density at radius 3 is 2.48 bits per heavy atom. The first-order valence-electron chi connectivity index (χ1n) is 14.4. The van der Waals surface area contributed by atoms with Crippen molar-refractivity contribution < 1.29 is 49.2 Å². The summed E-state index contributed by atoms with van der Waals surface area (Å²) in [6.45, 7) is 4.13. The van der Waals surface area contributed by atoms with Crippen LogP contribution in [-0.2, 0) is 30.6 Å². The molecule has 1 aromatic carbocycles. The molecule has 3 aromatic rings. The molecular weight excluding hydrogens is 722 g/mol. The van der Waals surface area contributed by atoms with Gasteiger partial charge in [0.2, 0.25) is 16.9 Å². The highest BCUT2D eigenvalue weighted by molar-refractivity contribution is 8.00. The maximum absolute atomic E-state index is 14.1. The molecule has 0 radical (unpaired) electrons. The molecule has 1 saturated heterocycles. The van der Waals surface area contributed by atoms with Gasteiger partial charge in [-0.05, 0) is 20.8 Å². The molecule has 0 saturated carbocycles. The topological polar surface area (TPSA) is 290 Å². The smallest absolute Gasteiger partial charge is 0.352 e. The molecule has 2 aromatic heterocycles. The van der Waals surface area contributed by atoms with Crippen LogP contribution in [0.15, 0.2) is 38.9 Å². The van der Waals surface area contributed by atoms with Crippen LogP contribution >= 0.6 is 34.7 Å². The Morgan fingerprint density at radius 1 is 1.24 bits per heavy atom. The van der Waals surface area contributed by atoms with Crippen LogP contribution in [0.3, 0.4) is 0 Å². The lowest BCUT2D eigenvalue weighted by Gasteiger charge is -2.47. The van der Waals surface area contributed by atoms with Crippen LogP contribution in [0.2, 0.25) is 5.02 Å². The number of ketones is 1. The van der Waals surface area contributed by atoms with Gasteiger partial charge in [0.05, 0.1) is 39.3 Å². The quantitative estimate of drug-likeness (QED) is 0.0473. The predicted molar refractivity (Wildman–Crippen MR) is 180 cm³/mol. The number of carbonyl (C=O) groups excluding carboxylic acids is 3. The van der Waals surface area contributed by atoms with E-state index in [1.807, 2.05) is 0 Å². The summed E-state index contributed by atoms with van der Waals surface area (Å²) in [5.74, 6) is -7.32. The van der Waals surface area contributed by atoms with E-state index in [4.69, 9.17) is 27.9 Å². The number of fused-ring (bicyclic) bond motifs is 2. The zero-order valence-electron chi connectivity index (χ0n) is 26.2. The Bertz CT molecular complexity index is 2130. The Kier molecular flexibility index (Phi) is 9.58. The van der Waals surface area contributed by atoms with Gasteiger partial charge in [-0.1, -0.05) is 16.8 Å². The first kappa shape index (κ1) is 36.1. The van der Waals surface area contributed by atoms with Crippen molar-refractivity contribution in [2.45, 2.75) is 56.1 Å². The van der Waals surface area contributed by atoms with Gasteiger partial charge < -0.3 is 46.6 Å². The molecule has 2 amide bonds. The third-order valence-corrected chi connectivity index (χ3v) is 10.2. The molecule has 50 heavy (non-hydrogen) atoms. The van der Waals surface area contributed by atoms with E-state index < -0.39 is 96.4 Å². The number of hydrogen-bond acceptors (Lipinski definition) is 15. The van der Waals surface area contributed by atoms with Gasteiger partial charge in [0.15, 0.2) is 28.1 Å². The molecule has 9 N–H and O–H groups in total. The number of aromatic hydroxyl groups is 2. The van der Waals surface area contributed by atoms with Gasteiger partial charge in [-0.3, -0.25) is 24.1 Å². The number of nitrogen functional groups attached to an aromatic ring is 1. The summed E-state index contributed by atoms with van der Waals surface area (Å²) >= 11 is 8.01. The maximum atomic E-state index is 14.1. The van der Waals surface area contributed by atoms with Crippen molar-refractivity contribution in [2.75, 3.05) is 5.73 Å². The van der Waals surface area contributed by atoms with E-state index in [0.29, 0.717) is 0 Å². The number of thiazole rings is 1. The summed E-state index contributed by atoms with van der Waals surface area (Å²) in [4.78, 5) is 88.6. The predicted octanol–water partition coefficient (Wildman–Crippen LogP) is 1.00. The molecule has 0 spiro atoms. The number of hydrogen-bond donors (Lipinski definition) is 7. The largest absolute Gasteiger partial charge is 0.504 e. The average molecular weight is 750 g/mol. The number of carboxylic acid groups (broad SMARTS) is 2. The monoisotopic (exact) mass is 749 g/mol. The number of carboxylic acids is 2. The number of Topliss-reactive ketones (excluding diaryl/α,β-unsaturated/α-hetero) is 1. The van der Waals surface area contributed by atoms with Crippen LogP contribution < -0.4 is 22.2 Å². The van der Waals surface area contributed by atoms with Gasteiger partial charge in [-0.25, -0.2) is 14.6 Å². The number of phenolic OH excluding ortho intramolecular Hbond substituents is 2.